The summed E-state index contributed by atoms with van der Waals surface area (Å²) in [5.74, 6) is -1.28. The van der Waals surface area contributed by atoms with Crippen molar-refractivity contribution < 1.29 is 46.4 Å². The van der Waals surface area contributed by atoms with E-state index in [9.17, 15) is 41.7 Å². The van der Waals surface area contributed by atoms with E-state index in [1.54, 1.807) is 6.92 Å². The van der Waals surface area contributed by atoms with Crippen LogP contribution in [0.2, 0.25) is 0 Å². The van der Waals surface area contributed by atoms with Crippen LogP contribution >= 0.6 is 0 Å². The molecule has 0 saturated carbocycles. The number of β-amino-alcohol motifs (C(OH)–C–C–N with tert-alkyl or cyclic N) is 1. The van der Waals surface area contributed by atoms with Gasteiger partial charge in [0.2, 0.25) is 15.8 Å². The van der Waals surface area contributed by atoms with E-state index in [4.69, 9.17) is 4.74 Å². The number of nitrogens with one attached hydrogen (secondary N) is 1. The summed E-state index contributed by atoms with van der Waals surface area (Å²) in [6.45, 7) is -0.0654. The molecule has 4 rings (SSSR count). The highest BCUT2D eigenvalue weighted by molar-refractivity contribution is 7.89. The van der Waals surface area contributed by atoms with Gasteiger partial charge in [-0.15, -0.1) is 0 Å². The summed E-state index contributed by atoms with van der Waals surface area (Å²) in [5, 5.41) is 29.0. The van der Waals surface area contributed by atoms with Crippen LogP contribution in [0.5, 0.6) is 0 Å². The molecule has 2 saturated heterocycles. The molecule has 4 N–H and O–H groups in total. The number of aromatic nitrogens is 2. The molecule has 37 heavy (non-hydrogen) atoms. The number of halogens is 3. The molecule has 206 valence electrons. The number of alkyl halides is 3. The van der Waals surface area contributed by atoms with Gasteiger partial charge in [-0.05, 0) is 13.0 Å². The summed E-state index contributed by atoms with van der Waals surface area (Å²) in [6.07, 6.45) is -3.26. The smallest absolute Gasteiger partial charge is 0.395 e. The van der Waals surface area contributed by atoms with Crippen molar-refractivity contribution in [3.05, 3.63) is 24.3 Å². The van der Waals surface area contributed by atoms with E-state index in [1.165, 1.54) is 17.2 Å². The van der Waals surface area contributed by atoms with E-state index in [2.05, 4.69) is 9.71 Å². The fraction of sp³-hybridized carbons (Fsp3) is 0.619. The van der Waals surface area contributed by atoms with Gasteiger partial charge in [0.1, 0.15) is 4.90 Å². The fourth-order valence-electron chi connectivity index (χ4n) is 4.40. The van der Waals surface area contributed by atoms with Crippen molar-refractivity contribution in [2.24, 2.45) is 0 Å². The average molecular weight is 552 g/mol. The number of anilines is 1. The lowest BCUT2D eigenvalue weighted by Gasteiger charge is -2.38. The number of sulfonamides is 1. The van der Waals surface area contributed by atoms with Crippen molar-refractivity contribution in [1.82, 2.24) is 19.0 Å². The number of fused-ring (bicyclic) bond motifs is 1. The zero-order valence-corrected chi connectivity index (χ0v) is 20.7. The Morgan fingerprint density at radius 3 is 2.43 bits per heavy atom. The van der Waals surface area contributed by atoms with E-state index in [-0.39, 0.29) is 68.0 Å². The molecular formula is C21H28F3N5O7S. The number of hydrogen-bond acceptors (Lipinski definition) is 9. The first-order valence-corrected chi connectivity index (χ1v) is 12.9. The Kier molecular flexibility index (Phi) is 7.19. The van der Waals surface area contributed by atoms with Gasteiger partial charge in [0.05, 0.1) is 55.9 Å². The molecule has 16 heteroatoms. The molecular weight excluding hydrogens is 523 g/mol. The van der Waals surface area contributed by atoms with E-state index in [1.807, 2.05) is 0 Å². The second-order valence-electron chi connectivity index (χ2n) is 9.50. The standard InChI is InChI=1S/C21H28F3N5O7S/c1-19(12-36-13-19)26-37(34,35)14-8-15(27(4-6-30)5-7-31)16-9-25-17(29(16)10-14)18(32)28-3-2-20(33,11-28)21(22,23)24/h8-10,26,30-31,33H,2-7,11-13H2,1H3. The van der Waals surface area contributed by atoms with Crippen LogP contribution in [-0.2, 0) is 14.8 Å². The third kappa shape index (κ3) is 5.13. The highest BCUT2D eigenvalue weighted by Gasteiger charge is 2.58. The molecule has 2 fully saturated rings. The van der Waals surface area contributed by atoms with Crippen LogP contribution in [0.1, 0.15) is 24.0 Å². The predicted molar refractivity (Wildman–Crippen MR) is 123 cm³/mol. The largest absolute Gasteiger partial charge is 0.419 e. The minimum absolute atomic E-state index is 0.0118. The molecule has 1 atom stereocenters. The second kappa shape index (κ2) is 9.67. The van der Waals surface area contributed by atoms with Crippen LogP contribution < -0.4 is 9.62 Å². The van der Waals surface area contributed by atoms with E-state index in [0.29, 0.717) is 0 Å². The van der Waals surface area contributed by atoms with Gasteiger partial charge in [-0.2, -0.15) is 13.2 Å². The van der Waals surface area contributed by atoms with Crippen molar-refractivity contribution in [1.29, 1.82) is 0 Å². The first-order valence-electron chi connectivity index (χ1n) is 11.4. The molecule has 0 aromatic carbocycles. The van der Waals surface area contributed by atoms with Gasteiger partial charge >= 0.3 is 6.18 Å². The number of carbonyl (C=O) groups is 1. The summed E-state index contributed by atoms with van der Waals surface area (Å²) in [5.41, 5.74) is -3.46. The van der Waals surface area contributed by atoms with E-state index in [0.717, 1.165) is 15.5 Å². The number of nitrogens with zero attached hydrogens (tertiary/aromatic N) is 4. The number of imidazole rings is 1. The number of ether oxygens (including phenoxy) is 1. The summed E-state index contributed by atoms with van der Waals surface area (Å²) >= 11 is 0. The topological polar surface area (TPSA) is 157 Å². The molecule has 0 aliphatic carbocycles. The van der Waals surface area contributed by atoms with Crippen molar-refractivity contribution in [2.45, 2.75) is 35.6 Å². The van der Waals surface area contributed by atoms with Crippen LogP contribution in [0, 0.1) is 0 Å². The molecule has 0 bridgehead atoms. The summed E-state index contributed by atoms with van der Waals surface area (Å²) in [6, 6.07) is 1.31. The Balaban J connectivity index is 1.80. The molecule has 1 unspecified atom stereocenters. The first-order chi connectivity index (χ1) is 17.2. The lowest BCUT2D eigenvalue weighted by Crippen LogP contribution is -2.59. The van der Waals surface area contributed by atoms with Gasteiger partial charge in [-0.1, -0.05) is 0 Å². The Labute approximate surface area is 210 Å². The Bertz CT molecular complexity index is 1280. The molecule has 0 radical (unpaired) electrons. The average Bonchev–Trinajstić information content (AvgIpc) is 3.41. The molecule has 4 heterocycles. The first kappa shape index (κ1) is 27.5. The number of aliphatic hydroxyl groups excluding tert-OH is 2. The van der Waals surface area contributed by atoms with Gasteiger partial charge in [0.25, 0.3) is 5.91 Å². The second-order valence-corrected chi connectivity index (χ2v) is 11.2. The lowest BCUT2D eigenvalue weighted by molar-refractivity contribution is -0.253. The molecule has 2 aromatic rings. The van der Waals surface area contributed by atoms with Gasteiger partial charge in [-0.3, -0.25) is 9.20 Å². The molecule has 2 aliphatic heterocycles. The Morgan fingerprint density at radius 2 is 1.92 bits per heavy atom. The molecule has 1 amide bonds. The van der Waals surface area contributed by atoms with Crippen molar-refractivity contribution in [3.8, 4) is 0 Å². The Hall–Kier alpha value is -2.50. The summed E-state index contributed by atoms with van der Waals surface area (Å²) < 4.78 is 75.1. The summed E-state index contributed by atoms with van der Waals surface area (Å²) in [4.78, 5) is 19.3. The number of amides is 1. The zero-order chi connectivity index (χ0) is 27.2. The minimum atomic E-state index is -4.94. The van der Waals surface area contributed by atoms with Crippen LogP contribution in [-0.4, -0.2) is 114 Å². The maximum atomic E-state index is 13.3. The van der Waals surface area contributed by atoms with Crippen molar-refractivity contribution >= 4 is 27.1 Å². The normalized spacial score (nSPS) is 21.9. The quantitative estimate of drug-likeness (QED) is 0.317. The highest BCUT2D eigenvalue weighted by atomic mass is 32.2. The van der Waals surface area contributed by atoms with Crippen LogP contribution in [0.15, 0.2) is 23.4 Å². The number of rotatable bonds is 9. The number of hydrogen-bond donors (Lipinski definition) is 4. The maximum absolute atomic E-state index is 13.3. The predicted octanol–water partition coefficient (Wildman–Crippen LogP) is -0.668. The third-order valence-corrected chi connectivity index (χ3v) is 8.07. The summed E-state index contributed by atoms with van der Waals surface area (Å²) in [7, 11) is -4.18. The van der Waals surface area contributed by atoms with Gasteiger partial charge in [0, 0.05) is 32.3 Å². The monoisotopic (exact) mass is 551 g/mol. The van der Waals surface area contributed by atoms with Crippen LogP contribution in [0.4, 0.5) is 18.9 Å². The molecule has 2 aliphatic rings. The van der Waals surface area contributed by atoms with Gasteiger partial charge in [-0.25, -0.2) is 18.1 Å². The van der Waals surface area contributed by atoms with Gasteiger partial charge in [0.15, 0.2) is 5.60 Å². The minimum Gasteiger partial charge on any atom is -0.395 e. The zero-order valence-electron chi connectivity index (χ0n) is 19.9. The molecule has 0 spiro atoms. The van der Waals surface area contributed by atoms with E-state index >= 15 is 0 Å². The SMILES string of the molecule is CC1(NS(=O)(=O)c2cc(N(CCO)CCO)c3cnc(C(=O)N4CCC(O)(C(F)(F)F)C4)n3c2)COC1. The Morgan fingerprint density at radius 1 is 1.27 bits per heavy atom. The number of likely N-dealkylation sites (tertiary alicyclic amines) is 1. The maximum Gasteiger partial charge on any atom is 0.419 e. The number of carbonyl (C=O) groups excluding carboxylic acids is 1. The van der Waals surface area contributed by atoms with Crippen LogP contribution in [0.25, 0.3) is 5.52 Å². The number of aliphatic hydroxyl groups is 3. The van der Waals surface area contributed by atoms with Gasteiger partial charge < -0.3 is 29.9 Å². The number of pyridine rings is 1. The highest BCUT2D eigenvalue weighted by Crippen LogP contribution is 2.38. The van der Waals surface area contributed by atoms with E-state index < -0.39 is 46.2 Å². The van der Waals surface area contributed by atoms with Crippen LogP contribution in [0.3, 0.4) is 0 Å². The van der Waals surface area contributed by atoms with Crippen molar-refractivity contribution in [3.63, 3.8) is 0 Å². The lowest BCUT2D eigenvalue weighted by atomic mass is 10.0. The molecule has 12 nitrogen and oxygen atoms in total. The van der Waals surface area contributed by atoms with Crippen molar-refractivity contribution in [2.75, 3.05) is 57.5 Å². The molecule has 2 aromatic heterocycles. The fourth-order valence-corrected chi connectivity index (χ4v) is 5.79. The third-order valence-electron chi connectivity index (χ3n) is 6.46.